The number of para-hydroxylation sites is 1. The molecule has 0 saturated carbocycles. The number of nitrogens with zero attached hydrogens (tertiary/aromatic N) is 1. The lowest BCUT2D eigenvalue weighted by Crippen LogP contribution is -1.87. The number of fused-ring (bicyclic) bond motifs is 4. The topological polar surface area (TPSA) is 22.1 Å². The molecule has 0 amide bonds. The van der Waals surface area contributed by atoms with Crippen LogP contribution in [0.1, 0.15) is 0 Å². The fourth-order valence-corrected chi connectivity index (χ4v) is 4.61. The summed E-state index contributed by atoms with van der Waals surface area (Å²) in [7, 11) is 1.70. The van der Waals surface area contributed by atoms with E-state index in [1.54, 1.807) is 7.11 Å². The zero-order valence-corrected chi connectivity index (χ0v) is 14.5. The number of aromatic nitrogens is 1. The first-order valence-electron chi connectivity index (χ1n) is 8.19. The summed E-state index contributed by atoms with van der Waals surface area (Å²) in [5, 5.41) is 2.41. The van der Waals surface area contributed by atoms with Gasteiger partial charge in [0.2, 0.25) is 0 Å². The Labute approximate surface area is 149 Å². The van der Waals surface area contributed by atoms with Crippen molar-refractivity contribution in [2.45, 2.75) is 0 Å². The summed E-state index contributed by atoms with van der Waals surface area (Å²) in [6.07, 6.45) is 0. The van der Waals surface area contributed by atoms with Crippen molar-refractivity contribution in [1.29, 1.82) is 0 Å². The zero-order chi connectivity index (χ0) is 16.8. The highest BCUT2D eigenvalue weighted by Crippen LogP contribution is 2.42. The molecule has 0 radical (unpaired) electrons. The number of thiophene rings is 1. The van der Waals surface area contributed by atoms with Crippen LogP contribution < -0.4 is 4.74 Å². The van der Waals surface area contributed by atoms with Gasteiger partial charge in [-0.25, -0.2) is 4.98 Å². The maximum absolute atomic E-state index is 5.32. The third-order valence-electron chi connectivity index (χ3n) is 4.58. The summed E-state index contributed by atoms with van der Waals surface area (Å²) in [5.74, 6) is 0.870. The second-order valence-corrected chi connectivity index (χ2v) is 7.06. The molecule has 0 aliphatic carbocycles. The van der Waals surface area contributed by atoms with E-state index >= 15 is 0 Å². The number of hydrogen-bond acceptors (Lipinski definition) is 3. The summed E-state index contributed by atoms with van der Waals surface area (Å²) >= 11 is 1.81. The number of benzene rings is 3. The predicted octanol–water partition coefficient (Wildman–Crippen LogP) is 6.28. The number of methoxy groups -OCH3 is 1. The van der Waals surface area contributed by atoms with Gasteiger partial charge >= 0.3 is 0 Å². The Kier molecular flexibility index (Phi) is 3.22. The molecular formula is C22H15NOS. The van der Waals surface area contributed by atoms with Crippen LogP contribution in [0.3, 0.4) is 0 Å². The molecule has 2 aromatic heterocycles. The molecule has 0 aliphatic rings. The van der Waals surface area contributed by atoms with Crippen molar-refractivity contribution in [1.82, 2.24) is 4.98 Å². The van der Waals surface area contributed by atoms with Gasteiger partial charge in [0.15, 0.2) is 0 Å². The Morgan fingerprint density at radius 2 is 1.52 bits per heavy atom. The Balaban J connectivity index is 1.95. The average molecular weight is 341 g/mol. The van der Waals surface area contributed by atoms with Gasteiger partial charge in [-0.15, -0.1) is 11.3 Å². The molecule has 120 valence electrons. The van der Waals surface area contributed by atoms with Gasteiger partial charge in [0.25, 0.3) is 0 Å². The maximum Gasteiger partial charge on any atom is 0.118 e. The molecule has 0 fully saturated rings. The molecule has 0 aliphatic heterocycles. The van der Waals surface area contributed by atoms with Crippen molar-refractivity contribution in [3.8, 4) is 16.9 Å². The molecule has 0 spiro atoms. The van der Waals surface area contributed by atoms with Crippen LogP contribution in [0.2, 0.25) is 0 Å². The largest absolute Gasteiger partial charge is 0.497 e. The lowest BCUT2D eigenvalue weighted by Gasteiger charge is -2.09. The van der Waals surface area contributed by atoms with E-state index in [1.165, 1.54) is 31.3 Å². The molecule has 2 heterocycles. The first-order valence-corrected chi connectivity index (χ1v) is 9.01. The van der Waals surface area contributed by atoms with E-state index in [4.69, 9.17) is 9.72 Å². The summed E-state index contributed by atoms with van der Waals surface area (Å²) in [5.41, 5.74) is 4.56. The number of ether oxygens (including phenoxy) is 1. The molecule has 5 aromatic rings. The van der Waals surface area contributed by atoms with Crippen molar-refractivity contribution in [2.24, 2.45) is 0 Å². The van der Waals surface area contributed by atoms with Gasteiger partial charge in [0, 0.05) is 21.0 Å². The van der Waals surface area contributed by atoms with Crippen LogP contribution in [0.25, 0.3) is 42.3 Å². The Hall–Kier alpha value is -2.91. The van der Waals surface area contributed by atoms with Gasteiger partial charge in [-0.05, 0) is 29.8 Å². The van der Waals surface area contributed by atoms with E-state index in [0.29, 0.717) is 0 Å². The normalized spacial score (nSPS) is 11.4. The number of pyridine rings is 1. The minimum absolute atomic E-state index is 0.870. The maximum atomic E-state index is 5.32. The van der Waals surface area contributed by atoms with E-state index in [0.717, 1.165) is 16.8 Å². The molecule has 0 N–H and O–H groups in total. The highest BCUT2D eigenvalue weighted by molar-refractivity contribution is 7.26. The quantitative estimate of drug-likeness (QED) is 0.377. The van der Waals surface area contributed by atoms with Crippen LogP contribution in [0.5, 0.6) is 5.75 Å². The van der Waals surface area contributed by atoms with Crippen LogP contribution in [-0.4, -0.2) is 12.1 Å². The van der Waals surface area contributed by atoms with Crippen molar-refractivity contribution >= 4 is 42.5 Å². The predicted molar refractivity (Wildman–Crippen MR) is 107 cm³/mol. The molecule has 0 saturated heterocycles. The molecule has 3 aromatic carbocycles. The summed E-state index contributed by atoms with van der Waals surface area (Å²) < 4.78 is 7.83. The molecule has 0 bridgehead atoms. The third kappa shape index (κ3) is 2.20. The highest BCUT2D eigenvalue weighted by atomic mass is 32.1. The van der Waals surface area contributed by atoms with E-state index in [-0.39, 0.29) is 0 Å². The molecule has 25 heavy (non-hydrogen) atoms. The number of rotatable bonds is 2. The molecular weight excluding hydrogens is 326 g/mol. The van der Waals surface area contributed by atoms with Crippen molar-refractivity contribution in [2.75, 3.05) is 7.11 Å². The summed E-state index contributed by atoms with van der Waals surface area (Å²) in [6, 6.07) is 25.2. The van der Waals surface area contributed by atoms with E-state index in [1.807, 2.05) is 29.5 Å². The second kappa shape index (κ2) is 5.57. The zero-order valence-electron chi connectivity index (χ0n) is 13.7. The summed E-state index contributed by atoms with van der Waals surface area (Å²) in [6.45, 7) is 0. The standard InChI is InChI=1S/C22H15NOS/c1-24-15-12-10-14(11-13-15)20-16-6-2-4-8-18(16)23-21-17-7-3-5-9-19(17)25-22(20)21/h2-13H,1H3. The molecule has 3 heteroatoms. The average Bonchev–Trinajstić information content (AvgIpc) is 3.04. The first-order chi connectivity index (χ1) is 12.3. The lowest BCUT2D eigenvalue weighted by molar-refractivity contribution is 0.415. The van der Waals surface area contributed by atoms with Crippen molar-refractivity contribution in [3.05, 3.63) is 72.8 Å². The minimum atomic E-state index is 0.870. The van der Waals surface area contributed by atoms with Gasteiger partial charge in [0.05, 0.1) is 22.8 Å². The Morgan fingerprint density at radius 1 is 0.800 bits per heavy atom. The molecule has 0 atom stereocenters. The van der Waals surface area contributed by atoms with Crippen LogP contribution >= 0.6 is 11.3 Å². The Bertz CT molecular complexity index is 1220. The molecule has 5 rings (SSSR count). The van der Waals surface area contributed by atoms with Crippen LogP contribution in [0.4, 0.5) is 0 Å². The van der Waals surface area contributed by atoms with Gasteiger partial charge < -0.3 is 4.74 Å². The van der Waals surface area contributed by atoms with Gasteiger partial charge in [-0.1, -0.05) is 48.5 Å². The van der Waals surface area contributed by atoms with Gasteiger partial charge in [0.1, 0.15) is 5.75 Å². The smallest absolute Gasteiger partial charge is 0.118 e. The van der Waals surface area contributed by atoms with Crippen molar-refractivity contribution < 1.29 is 4.74 Å². The van der Waals surface area contributed by atoms with Crippen LogP contribution in [0, 0.1) is 0 Å². The SMILES string of the molecule is COc1ccc(-c2c3ccccc3nc3c2sc2ccccc23)cc1. The first kappa shape index (κ1) is 14.4. The fourth-order valence-electron chi connectivity index (χ4n) is 3.38. The fraction of sp³-hybridized carbons (Fsp3) is 0.0455. The number of hydrogen-bond donors (Lipinski definition) is 0. The molecule has 0 unspecified atom stereocenters. The van der Waals surface area contributed by atoms with E-state index < -0.39 is 0 Å². The van der Waals surface area contributed by atoms with Gasteiger partial charge in [-0.2, -0.15) is 0 Å². The van der Waals surface area contributed by atoms with Crippen molar-refractivity contribution in [3.63, 3.8) is 0 Å². The summed E-state index contributed by atoms with van der Waals surface area (Å²) in [4.78, 5) is 4.97. The van der Waals surface area contributed by atoms with Crippen LogP contribution in [-0.2, 0) is 0 Å². The molecule has 2 nitrogen and oxygen atoms in total. The Morgan fingerprint density at radius 3 is 2.32 bits per heavy atom. The monoisotopic (exact) mass is 341 g/mol. The third-order valence-corrected chi connectivity index (χ3v) is 5.76. The van der Waals surface area contributed by atoms with E-state index in [2.05, 4.69) is 54.6 Å². The highest BCUT2D eigenvalue weighted by Gasteiger charge is 2.15. The lowest BCUT2D eigenvalue weighted by atomic mass is 10.00. The second-order valence-electron chi connectivity index (χ2n) is 6.01. The van der Waals surface area contributed by atoms with Gasteiger partial charge in [-0.3, -0.25) is 0 Å². The minimum Gasteiger partial charge on any atom is -0.497 e. The van der Waals surface area contributed by atoms with E-state index in [9.17, 15) is 0 Å². The van der Waals surface area contributed by atoms with Crippen LogP contribution in [0.15, 0.2) is 72.8 Å².